The quantitative estimate of drug-likeness (QED) is 0.920. The van der Waals surface area contributed by atoms with Crippen LogP contribution in [0.2, 0.25) is 0 Å². The third kappa shape index (κ3) is 5.08. The lowest BCUT2D eigenvalue weighted by atomic mass is 9.77. The summed E-state index contributed by atoms with van der Waals surface area (Å²) in [6, 6.07) is 6.38. The minimum atomic E-state index is 0.445. The van der Waals surface area contributed by atoms with E-state index in [9.17, 15) is 0 Å². The Morgan fingerprint density at radius 1 is 1.19 bits per heavy atom. The van der Waals surface area contributed by atoms with Crippen LogP contribution < -0.4 is 5.32 Å². The van der Waals surface area contributed by atoms with Crippen molar-refractivity contribution in [1.29, 1.82) is 0 Å². The average Bonchev–Trinajstić information content (AvgIpc) is 2.65. The normalized spacial score (nSPS) is 21.2. The van der Waals surface area contributed by atoms with Gasteiger partial charge in [0.1, 0.15) is 0 Å². The topological polar surface area (TPSA) is 28.2 Å². The maximum Gasteiger partial charge on any atom is 0.0547 e. The van der Waals surface area contributed by atoms with E-state index >= 15 is 0 Å². The zero-order valence-electron chi connectivity index (χ0n) is 14.2. The molecule has 1 saturated heterocycles. The minimum absolute atomic E-state index is 0.445. The van der Waals surface area contributed by atoms with Gasteiger partial charge in [0.05, 0.1) is 11.4 Å². The maximum absolute atomic E-state index is 4.75. The number of rotatable bonds is 4. The lowest BCUT2D eigenvalue weighted by Gasteiger charge is -2.29. The summed E-state index contributed by atoms with van der Waals surface area (Å²) in [7, 11) is 1.97. The van der Waals surface area contributed by atoms with Crippen LogP contribution in [0.1, 0.15) is 51.4 Å². The van der Waals surface area contributed by atoms with Crippen molar-refractivity contribution < 1.29 is 0 Å². The molecule has 3 nitrogen and oxygen atoms in total. The molecule has 1 fully saturated rings. The Morgan fingerprint density at radius 3 is 2.67 bits per heavy atom. The van der Waals surface area contributed by atoms with Crippen molar-refractivity contribution in [2.75, 3.05) is 20.1 Å². The maximum atomic E-state index is 4.75. The molecule has 0 bridgehead atoms. The van der Waals surface area contributed by atoms with E-state index in [1.165, 1.54) is 38.0 Å². The van der Waals surface area contributed by atoms with E-state index in [-0.39, 0.29) is 0 Å². The van der Waals surface area contributed by atoms with Crippen molar-refractivity contribution in [2.24, 2.45) is 11.3 Å². The van der Waals surface area contributed by atoms with Gasteiger partial charge < -0.3 is 5.32 Å². The van der Waals surface area contributed by atoms with E-state index in [4.69, 9.17) is 4.98 Å². The van der Waals surface area contributed by atoms with E-state index in [1.54, 1.807) is 0 Å². The molecule has 0 aromatic carbocycles. The molecule has 1 unspecified atom stereocenters. The number of likely N-dealkylation sites (tertiary alicyclic amines) is 1. The number of nitrogens with zero attached hydrogens (tertiary/aromatic N) is 2. The molecule has 21 heavy (non-hydrogen) atoms. The van der Waals surface area contributed by atoms with Crippen molar-refractivity contribution >= 4 is 0 Å². The van der Waals surface area contributed by atoms with Gasteiger partial charge in [-0.05, 0) is 62.9 Å². The first kappa shape index (κ1) is 16.4. The first-order valence-electron chi connectivity index (χ1n) is 8.31. The lowest BCUT2D eigenvalue weighted by Crippen LogP contribution is -2.26. The van der Waals surface area contributed by atoms with Crippen LogP contribution in [0.5, 0.6) is 0 Å². The Labute approximate surface area is 130 Å². The average molecular weight is 289 g/mol. The number of nitrogens with one attached hydrogen (secondary N) is 1. The Balaban J connectivity index is 1.93. The van der Waals surface area contributed by atoms with Crippen molar-refractivity contribution in [3.05, 3.63) is 29.6 Å². The van der Waals surface area contributed by atoms with E-state index in [0.717, 1.165) is 24.7 Å². The molecule has 1 aliphatic rings. The van der Waals surface area contributed by atoms with Crippen LogP contribution in [0.15, 0.2) is 18.2 Å². The number of hydrogen-bond donors (Lipinski definition) is 1. The standard InChI is InChI=1S/C18H31N3/c1-18(2,3)15-7-6-11-21(12-10-15)14-17-9-5-8-16(20-17)13-19-4/h5,8-9,15,19H,6-7,10-14H2,1-4H3. The molecular weight excluding hydrogens is 258 g/mol. The highest BCUT2D eigenvalue weighted by atomic mass is 15.1. The third-order valence-electron chi connectivity index (χ3n) is 4.65. The lowest BCUT2D eigenvalue weighted by molar-refractivity contribution is 0.206. The van der Waals surface area contributed by atoms with Crippen LogP contribution in [0.4, 0.5) is 0 Å². The van der Waals surface area contributed by atoms with E-state index in [1.807, 2.05) is 7.05 Å². The molecule has 1 aromatic heterocycles. The first-order chi connectivity index (χ1) is 9.99. The van der Waals surface area contributed by atoms with E-state index in [0.29, 0.717) is 5.41 Å². The van der Waals surface area contributed by atoms with Crippen LogP contribution >= 0.6 is 0 Å². The Morgan fingerprint density at radius 2 is 1.95 bits per heavy atom. The monoisotopic (exact) mass is 289 g/mol. The highest BCUT2D eigenvalue weighted by Crippen LogP contribution is 2.34. The van der Waals surface area contributed by atoms with Crippen molar-refractivity contribution in [2.45, 2.75) is 53.1 Å². The van der Waals surface area contributed by atoms with Crippen LogP contribution in [0, 0.1) is 11.3 Å². The summed E-state index contributed by atoms with van der Waals surface area (Å²) in [5, 5.41) is 3.17. The molecule has 3 heteroatoms. The second kappa shape index (κ2) is 7.37. The SMILES string of the molecule is CNCc1cccc(CN2CCCC(C(C)(C)C)CC2)n1. The summed E-state index contributed by atoms with van der Waals surface area (Å²) in [5.74, 6) is 0.853. The largest absolute Gasteiger partial charge is 0.314 e. The summed E-state index contributed by atoms with van der Waals surface area (Å²) in [4.78, 5) is 7.33. The molecular formula is C18H31N3. The molecule has 0 saturated carbocycles. The Kier molecular flexibility index (Phi) is 5.77. The number of aromatic nitrogens is 1. The summed E-state index contributed by atoms with van der Waals surface area (Å²) >= 11 is 0. The van der Waals surface area contributed by atoms with Gasteiger partial charge in [0.25, 0.3) is 0 Å². The smallest absolute Gasteiger partial charge is 0.0547 e. The van der Waals surface area contributed by atoms with Crippen molar-refractivity contribution in [3.63, 3.8) is 0 Å². The van der Waals surface area contributed by atoms with Crippen molar-refractivity contribution in [1.82, 2.24) is 15.2 Å². The van der Waals surface area contributed by atoms with Gasteiger partial charge >= 0.3 is 0 Å². The van der Waals surface area contributed by atoms with Crippen molar-refractivity contribution in [3.8, 4) is 0 Å². The number of pyridine rings is 1. The van der Waals surface area contributed by atoms with Gasteiger partial charge in [-0.25, -0.2) is 0 Å². The molecule has 1 aromatic rings. The molecule has 2 heterocycles. The van der Waals surface area contributed by atoms with E-state index < -0.39 is 0 Å². The van der Waals surface area contributed by atoms with Crippen LogP contribution in [-0.2, 0) is 13.1 Å². The fraction of sp³-hybridized carbons (Fsp3) is 0.722. The summed E-state index contributed by atoms with van der Waals surface area (Å²) < 4.78 is 0. The molecule has 1 aliphatic heterocycles. The third-order valence-corrected chi connectivity index (χ3v) is 4.65. The van der Waals surface area contributed by atoms with Gasteiger partial charge in [-0.2, -0.15) is 0 Å². The minimum Gasteiger partial charge on any atom is -0.314 e. The first-order valence-corrected chi connectivity index (χ1v) is 8.31. The zero-order chi connectivity index (χ0) is 15.3. The van der Waals surface area contributed by atoms with Crippen LogP contribution in [0.3, 0.4) is 0 Å². The predicted octanol–water partition coefficient (Wildman–Crippen LogP) is 3.45. The fourth-order valence-corrected chi connectivity index (χ4v) is 3.31. The summed E-state index contributed by atoms with van der Waals surface area (Å²) in [6.45, 7) is 11.4. The summed E-state index contributed by atoms with van der Waals surface area (Å²) in [6.07, 6.45) is 4.01. The van der Waals surface area contributed by atoms with Gasteiger partial charge in [-0.1, -0.05) is 26.8 Å². The van der Waals surface area contributed by atoms with Gasteiger partial charge in [0.2, 0.25) is 0 Å². The van der Waals surface area contributed by atoms with Gasteiger partial charge in [0, 0.05) is 13.1 Å². The molecule has 1 atom stereocenters. The summed E-state index contributed by atoms with van der Waals surface area (Å²) in [5.41, 5.74) is 2.79. The molecule has 118 valence electrons. The molecule has 0 spiro atoms. The van der Waals surface area contributed by atoms with Gasteiger partial charge in [0.15, 0.2) is 0 Å². The van der Waals surface area contributed by atoms with Gasteiger partial charge in [-0.15, -0.1) is 0 Å². The molecule has 1 N–H and O–H groups in total. The molecule has 0 amide bonds. The second-order valence-corrected chi connectivity index (χ2v) is 7.42. The second-order valence-electron chi connectivity index (χ2n) is 7.42. The zero-order valence-corrected chi connectivity index (χ0v) is 14.2. The fourth-order valence-electron chi connectivity index (χ4n) is 3.31. The molecule has 0 aliphatic carbocycles. The van der Waals surface area contributed by atoms with Crippen LogP contribution in [-0.4, -0.2) is 30.0 Å². The predicted molar refractivity (Wildman–Crippen MR) is 89.1 cm³/mol. The highest BCUT2D eigenvalue weighted by molar-refractivity contribution is 5.11. The molecule has 2 rings (SSSR count). The highest BCUT2D eigenvalue weighted by Gasteiger charge is 2.27. The van der Waals surface area contributed by atoms with Gasteiger partial charge in [-0.3, -0.25) is 9.88 Å². The van der Waals surface area contributed by atoms with Crippen LogP contribution in [0.25, 0.3) is 0 Å². The molecule has 0 radical (unpaired) electrons. The van der Waals surface area contributed by atoms with E-state index in [2.05, 4.69) is 49.2 Å². The Bertz CT molecular complexity index is 436. The number of hydrogen-bond acceptors (Lipinski definition) is 3. The Hall–Kier alpha value is -0.930.